The highest BCUT2D eigenvalue weighted by atomic mass is 15.0. The topological polar surface area (TPSA) is 38.0 Å². The maximum atomic E-state index is 6.15. The summed E-state index contributed by atoms with van der Waals surface area (Å²) in [7, 11) is 0. The third-order valence-electron chi connectivity index (χ3n) is 4.19. The first-order valence-corrected chi connectivity index (χ1v) is 7.84. The molecule has 0 amide bonds. The molecule has 18 heavy (non-hydrogen) atoms. The molecule has 0 aromatic rings. The van der Waals surface area contributed by atoms with Crippen LogP contribution in [0.25, 0.3) is 0 Å². The first-order chi connectivity index (χ1) is 8.37. The van der Waals surface area contributed by atoms with E-state index in [0.29, 0.717) is 17.9 Å². The fourth-order valence-electron chi connectivity index (χ4n) is 3.76. The summed E-state index contributed by atoms with van der Waals surface area (Å²) in [6.45, 7) is 12.4. The van der Waals surface area contributed by atoms with Gasteiger partial charge in [0, 0.05) is 18.1 Å². The van der Waals surface area contributed by atoms with Crippen molar-refractivity contribution in [3.63, 3.8) is 0 Å². The van der Waals surface area contributed by atoms with Crippen LogP contribution in [0.3, 0.4) is 0 Å². The number of nitrogens with two attached hydrogens (primary N) is 1. The Morgan fingerprint density at radius 1 is 1.11 bits per heavy atom. The lowest BCUT2D eigenvalue weighted by atomic mass is 9.81. The Morgan fingerprint density at radius 3 is 2.00 bits per heavy atom. The lowest BCUT2D eigenvalue weighted by Gasteiger charge is -2.39. The zero-order chi connectivity index (χ0) is 13.8. The fourth-order valence-corrected chi connectivity index (χ4v) is 3.76. The van der Waals surface area contributed by atoms with Crippen LogP contribution in [0.15, 0.2) is 0 Å². The molecule has 2 unspecified atom stereocenters. The van der Waals surface area contributed by atoms with Crippen LogP contribution in [-0.4, -0.2) is 18.1 Å². The normalized spacial score (nSPS) is 25.3. The minimum atomic E-state index is 0.164. The molecule has 2 nitrogen and oxygen atoms in total. The van der Waals surface area contributed by atoms with Gasteiger partial charge in [-0.2, -0.15) is 0 Å². The van der Waals surface area contributed by atoms with Gasteiger partial charge in [0.1, 0.15) is 0 Å². The molecule has 0 aromatic heterocycles. The molecule has 3 N–H and O–H groups in total. The third kappa shape index (κ3) is 4.89. The quantitative estimate of drug-likeness (QED) is 0.729. The van der Waals surface area contributed by atoms with E-state index in [4.69, 9.17) is 5.73 Å². The van der Waals surface area contributed by atoms with Crippen LogP contribution in [0.5, 0.6) is 0 Å². The van der Waals surface area contributed by atoms with Crippen LogP contribution < -0.4 is 11.1 Å². The Balaban J connectivity index is 2.68. The van der Waals surface area contributed by atoms with Crippen molar-refractivity contribution < 1.29 is 0 Å². The second-order valence-corrected chi connectivity index (χ2v) is 7.44. The molecule has 108 valence electrons. The Bertz CT molecular complexity index is 225. The first kappa shape index (κ1) is 16.0. The van der Waals surface area contributed by atoms with Gasteiger partial charge in [0.15, 0.2) is 0 Å². The minimum Gasteiger partial charge on any atom is -0.329 e. The van der Waals surface area contributed by atoms with Gasteiger partial charge in [-0.3, -0.25) is 0 Å². The molecule has 0 saturated heterocycles. The molecule has 2 heteroatoms. The molecule has 0 heterocycles. The van der Waals surface area contributed by atoms with Gasteiger partial charge >= 0.3 is 0 Å². The standard InChI is InChI=1S/C16H34N2/c1-12(2)9-16(11-17,10-13(3)4)18-15-7-6-14(5)8-15/h12-15,18H,6-11,17H2,1-5H3. The molecule has 0 aromatic carbocycles. The van der Waals surface area contributed by atoms with E-state index in [9.17, 15) is 0 Å². The summed E-state index contributed by atoms with van der Waals surface area (Å²) in [5.41, 5.74) is 6.32. The van der Waals surface area contributed by atoms with E-state index < -0.39 is 0 Å². The van der Waals surface area contributed by atoms with Gasteiger partial charge in [-0.25, -0.2) is 0 Å². The van der Waals surface area contributed by atoms with E-state index in [1.165, 1.54) is 32.1 Å². The van der Waals surface area contributed by atoms with E-state index in [-0.39, 0.29) is 5.54 Å². The summed E-state index contributed by atoms with van der Waals surface area (Å²) in [4.78, 5) is 0. The number of rotatable bonds is 7. The van der Waals surface area contributed by atoms with E-state index in [0.717, 1.165) is 12.5 Å². The molecular weight excluding hydrogens is 220 g/mol. The summed E-state index contributed by atoms with van der Waals surface area (Å²) >= 11 is 0. The van der Waals surface area contributed by atoms with E-state index in [2.05, 4.69) is 39.9 Å². The second kappa shape index (κ2) is 6.91. The lowest BCUT2D eigenvalue weighted by Crippen LogP contribution is -2.56. The van der Waals surface area contributed by atoms with Crippen molar-refractivity contribution in [2.45, 2.75) is 78.3 Å². The smallest absolute Gasteiger partial charge is 0.0311 e. The average Bonchev–Trinajstić information content (AvgIpc) is 2.61. The molecule has 0 bridgehead atoms. The van der Waals surface area contributed by atoms with Crippen molar-refractivity contribution in [3.05, 3.63) is 0 Å². The summed E-state index contributed by atoms with van der Waals surface area (Å²) in [6, 6.07) is 0.695. The summed E-state index contributed by atoms with van der Waals surface area (Å²) in [5, 5.41) is 3.95. The number of nitrogens with one attached hydrogen (secondary N) is 1. The zero-order valence-corrected chi connectivity index (χ0v) is 13.1. The molecule has 0 spiro atoms. The van der Waals surface area contributed by atoms with E-state index in [1.54, 1.807) is 0 Å². The molecule has 1 fully saturated rings. The Hall–Kier alpha value is -0.0800. The van der Waals surface area contributed by atoms with Gasteiger partial charge in [0.2, 0.25) is 0 Å². The van der Waals surface area contributed by atoms with Crippen molar-refractivity contribution in [3.8, 4) is 0 Å². The van der Waals surface area contributed by atoms with Crippen LogP contribution >= 0.6 is 0 Å². The summed E-state index contributed by atoms with van der Waals surface area (Å²) in [5.74, 6) is 2.30. The maximum absolute atomic E-state index is 6.15. The summed E-state index contributed by atoms with van der Waals surface area (Å²) in [6.07, 6.45) is 6.44. The molecule has 1 aliphatic carbocycles. The zero-order valence-electron chi connectivity index (χ0n) is 13.1. The van der Waals surface area contributed by atoms with Crippen LogP contribution in [0.2, 0.25) is 0 Å². The van der Waals surface area contributed by atoms with Gasteiger partial charge < -0.3 is 11.1 Å². The van der Waals surface area contributed by atoms with Crippen molar-refractivity contribution in [1.82, 2.24) is 5.32 Å². The number of hydrogen-bond donors (Lipinski definition) is 2. The van der Waals surface area contributed by atoms with Gasteiger partial charge in [-0.05, 0) is 49.9 Å². The average molecular weight is 254 g/mol. The molecule has 1 rings (SSSR count). The highest BCUT2D eigenvalue weighted by Gasteiger charge is 2.34. The van der Waals surface area contributed by atoms with Gasteiger partial charge in [-0.1, -0.05) is 34.6 Å². The predicted octanol–water partition coefficient (Wildman–Crippen LogP) is 3.55. The maximum Gasteiger partial charge on any atom is 0.0311 e. The summed E-state index contributed by atoms with van der Waals surface area (Å²) < 4.78 is 0. The first-order valence-electron chi connectivity index (χ1n) is 7.84. The Morgan fingerprint density at radius 2 is 1.67 bits per heavy atom. The number of hydrogen-bond acceptors (Lipinski definition) is 2. The van der Waals surface area contributed by atoms with Gasteiger partial charge in [0.25, 0.3) is 0 Å². The second-order valence-electron chi connectivity index (χ2n) is 7.44. The third-order valence-corrected chi connectivity index (χ3v) is 4.19. The van der Waals surface area contributed by atoms with Crippen molar-refractivity contribution >= 4 is 0 Å². The van der Waals surface area contributed by atoms with Crippen LogP contribution in [0.1, 0.15) is 66.7 Å². The lowest BCUT2D eigenvalue weighted by molar-refractivity contribution is 0.205. The van der Waals surface area contributed by atoms with Crippen molar-refractivity contribution in [1.29, 1.82) is 0 Å². The van der Waals surface area contributed by atoms with Crippen LogP contribution in [0.4, 0.5) is 0 Å². The SMILES string of the molecule is CC(C)CC(CN)(CC(C)C)NC1CCC(C)C1. The minimum absolute atomic E-state index is 0.164. The highest BCUT2D eigenvalue weighted by molar-refractivity contribution is 4.95. The largest absolute Gasteiger partial charge is 0.329 e. The predicted molar refractivity (Wildman–Crippen MR) is 80.6 cm³/mol. The van der Waals surface area contributed by atoms with Crippen LogP contribution in [0, 0.1) is 17.8 Å². The molecule has 0 radical (unpaired) electrons. The fraction of sp³-hybridized carbons (Fsp3) is 1.00. The monoisotopic (exact) mass is 254 g/mol. The molecule has 0 aliphatic heterocycles. The van der Waals surface area contributed by atoms with Crippen molar-refractivity contribution in [2.24, 2.45) is 23.5 Å². The van der Waals surface area contributed by atoms with E-state index in [1.807, 2.05) is 0 Å². The molecule has 1 aliphatic rings. The van der Waals surface area contributed by atoms with Crippen LogP contribution in [-0.2, 0) is 0 Å². The molecule has 1 saturated carbocycles. The highest BCUT2D eigenvalue weighted by Crippen LogP contribution is 2.30. The van der Waals surface area contributed by atoms with Gasteiger partial charge in [-0.15, -0.1) is 0 Å². The van der Waals surface area contributed by atoms with Gasteiger partial charge in [0.05, 0.1) is 0 Å². The Labute approximate surface area is 114 Å². The molecular formula is C16H34N2. The van der Waals surface area contributed by atoms with Crippen molar-refractivity contribution in [2.75, 3.05) is 6.54 Å². The Kier molecular flexibility index (Phi) is 6.13. The molecule has 2 atom stereocenters. The van der Waals surface area contributed by atoms with E-state index >= 15 is 0 Å².